The molecule has 0 bridgehead atoms. The number of phenolic OH excluding ortho intramolecular Hbond substituents is 1. The van der Waals surface area contributed by atoms with E-state index in [1.165, 1.54) is 25.3 Å². The molecule has 1 amide bonds. The van der Waals surface area contributed by atoms with Crippen LogP contribution in [0, 0.1) is 0 Å². The number of ether oxygens (including phenoxy) is 2. The Kier molecular flexibility index (Phi) is 7.13. The van der Waals surface area contributed by atoms with Gasteiger partial charge in [-0.25, -0.2) is 0 Å². The summed E-state index contributed by atoms with van der Waals surface area (Å²) >= 11 is 0. The molecule has 5 N–H and O–H groups in total. The third kappa shape index (κ3) is 5.77. The van der Waals surface area contributed by atoms with Gasteiger partial charge in [-0.2, -0.15) is 0 Å². The summed E-state index contributed by atoms with van der Waals surface area (Å²) in [7, 11) is 1.44. The first-order valence-electron chi connectivity index (χ1n) is 9.58. The molecule has 0 aliphatic heterocycles. The highest BCUT2D eigenvalue weighted by Crippen LogP contribution is 2.31. The Morgan fingerprint density at radius 2 is 1.77 bits per heavy atom. The predicted octanol–water partition coefficient (Wildman–Crippen LogP) is 3.66. The van der Waals surface area contributed by atoms with Gasteiger partial charge in [0.25, 0.3) is 0 Å². The van der Waals surface area contributed by atoms with E-state index in [4.69, 9.17) is 15.2 Å². The van der Waals surface area contributed by atoms with Crippen LogP contribution >= 0.6 is 0 Å². The summed E-state index contributed by atoms with van der Waals surface area (Å²) in [4.78, 5) is 12.4. The molecule has 7 nitrogen and oxygen atoms in total. The second-order valence-corrected chi connectivity index (χ2v) is 6.71. The maximum absolute atomic E-state index is 12.4. The molecule has 31 heavy (non-hydrogen) atoms. The van der Waals surface area contributed by atoms with Gasteiger partial charge in [0, 0.05) is 6.08 Å². The number of carbonyl (C=O) groups excluding carboxylic acids is 1. The highest BCUT2D eigenvalue weighted by atomic mass is 16.5. The molecule has 0 aromatic heterocycles. The van der Waals surface area contributed by atoms with Crippen LogP contribution in [0.25, 0.3) is 0 Å². The number of carbonyl (C=O) groups is 1. The lowest BCUT2D eigenvalue weighted by atomic mass is 10.0. The van der Waals surface area contributed by atoms with Crippen molar-refractivity contribution >= 4 is 17.3 Å². The first-order valence-corrected chi connectivity index (χ1v) is 9.58. The van der Waals surface area contributed by atoms with E-state index in [2.05, 4.69) is 5.32 Å². The van der Waals surface area contributed by atoms with Gasteiger partial charge in [0.05, 0.1) is 18.5 Å². The molecule has 0 saturated carbocycles. The summed E-state index contributed by atoms with van der Waals surface area (Å²) in [6.45, 7) is 0. The topological polar surface area (TPSA) is 114 Å². The zero-order chi connectivity index (χ0) is 22.2. The van der Waals surface area contributed by atoms with Gasteiger partial charge in [-0.1, -0.05) is 36.4 Å². The number of hydrogen-bond donors (Lipinski definition) is 4. The standard InChI is InChI=1S/C24H24N2O5/c1-30-21-12-11-16(15-20(21)27)24(29)22(31-17-7-3-2-4-8-17)13-14-23(28)26-19-10-6-5-9-18(19)25/h2-15,22,24,27,29H,25H2,1H3,(H,26,28)/b14-13+/t22-,24-/m1/s1. The molecule has 2 atom stereocenters. The molecule has 160 valence electrons. The number of rotatable bonds is 8. The number of nitrogen functional groups attached to an aromatic ring is 1. The van der Waals surface area contributed by atoms with Gasteiger partial charge < -0.3 is 30.7 Å². The van der Waals surface area contributed by atoms with E-state index in [-0.39, 0.29) is 11.5 Å². The van der Waals surface area contributed by atoms with Gasteiger partial charge in [0.2, 0.25) is 5.91 Å². The predicted molar refractivity (Wildman–Crippen MR) is 119 cm³/mol. The fourth-order valence-corrected chi connectivity index (χ4v) is 2.91. The molecule has 3 aromatic rings. The Hall–Kier alpha value is -3.97. The van der Waals surface area contributed by atoms with Crippen LogP contribution < -0.4 is 20.5 Å². The van der Waals surface area contributed by atoms with Gasteiger partial charge in [0.1, 0.15) is 18.0 Å². The lowest BCUT2D eigenvalue weighted by Crippen LogP contribution is -2.24. The smallest absolute Gasteiger partial charge is 0.248 e. The molecule has 7 heteroatoms. The third-order valence-electron chi connectivity index (χ3n) is 4.53. The zero-order valence-electron chi connectivity index (χ0n) is 16.9. The number of phenols is 1. The Bertz CT molecular complexity index is 1050. The molecule has 0 radical (unpaired) electrons. The molecule has 0 saturated heterocycles. The van der Waals surface area contributed by atoms with E-state index < -0.39 is 18.1 Å². The van der Waals surface area contributed by atoms with E-state index in [0.717, 1.165) is 0 Å². The number of aliphatic hydroxyl groups excluding tert-OH is 1. The number of amides is 1. The van der Waals surface area contributed by atoms with Gasteiger partial charge in [-0.15, -0.1) is 0 Å². The zero-order valence-corrected chi connectivity index (χ0v) is 16.9. The number of methoxy groups -OCH3 is 1. The average molecular weight is 420 g/mol. The number of aliphatic hydroxyl groups is 1. The number of aromatic hydroxyl groups is 1. The molecule has 0 aliphatic rings. The monoisotopic (exact) mass is 420 g/mol. The lowest BCUT2D eigenvalue weighted by molar-refractivity contribution is -0.112. The van der Waals surface area contributed by atoms with Crippen LogP contribution in [0.3, 0.4) is 0 Å². The van der Waals surface area contributed by atoms with Crippen LogP contribution in [0.2, 0.25) is 0 Å². The fraction of sp³-hybridized carbons (Fsp3) is 0.125. The van der Waals surface area contributed by atoms with Crippen molar-refractivity contribution in [3.05, 3.63) is 90.5 Å². The van der Waals surface area contributed by atoms with E-state index in [0.29, 0.717) is 22.7 Å². The van der Waals surface area contributed by atoms with Crippen molar-refractivity contribution in [3.63, 3.8) is 0 Å². The molecule has 0 spiro atoms. The lowest BCUT2D eigenvalue weighted by Gasteiger charge is -2.22. The second kappa shape index (κ2) is 10.2. The minimum atomic E-state index is -1.16. The molecule has 0 heterocycles. The number of anilines is 2. The molecule has 0 fully saturated rings. The fourth-order valence-electron chi connectivity index (χ4n) is 2.91. The quantitative estimate of drug-likeness (QED) is 0.327. The van der Waals surface area contributed by atoms with Crippen LogP contribution in [0.4, 0.5) is 11.4 Å². The van der Waals surface area contributed by atoms with Crippen LogP contribution in [0.1, 0.15) is 11.7 Å². The Morgan fingerprint density at radius 3 is 2.45 bits per heavy atom. The van der Waals surface area contributed by atoms with Gasteiger partial charge in [0.15, 0.2) is 11.5 Å². The highest BCUT2D eigenvalue weighted by molar-refractivity contribution is 6.01. The van der Waals surface area contributed by atoms with E-state index in [1.807, 2.05) is 6.07 Å². The molecule has 3 rings (SSSR count). The first-order chi connectivity index (χ1) is 15.0. The van der Waals surface area contributed by atoms with Crippen LogP contribution in [0.15, 0.2) is 84.9 Å². The number of para-hydroxylation sites is 3. The molecule has 0 aliphatic carbocycles. The summed E-state index contributed by atoms with van der Waals surface area (Å²) < 4.78 is 10.9. The summed E-state index contributed by atoms with van der Waals surface area (Å²) in [6.07, 6.45) is 0.650. The summed E-state index contributed by atoms with van der Waals surface area (Å²) in [6, 6.07) is 20.4. The Labute approximate surface area is 180 Å². The summed E-state index contributed by atoms with van der Waals surface area (Å²) in [5.74, 6) is 0.261. The first kappa shape index (κ1) is 21.7. The van der Waals surface area contributed by atoms with Crippen molar-refractivity contribution < 1.29 is 24.5 Å². The van der Waals surface area contributed by atoms with Gasteiger partial charge in [-0.05, 0) is 48.0 Å². The molecular formula is C24H24N2O5. The van der Waals surface area contributed by atoms with Crippen LogP contribution in [0.5, 0.6) is 17.2 Å². The van der Waals surface area contributed by atoms with E-state index in [1.54, 1.807) is 60.7 Å². The number of benzene rings is 3. The molecule has 0 unspecified atom stereocenters. The van der Waals surface area contributed by atoms with Crippen LogP contribution in [-0.4, -0.2) is 29.3 Å². The highest BCUT2D eigenvalue weighted by Gasteiger charge is 2.22. The normalized spacial score (nSPS) is 12.8. The van der Waals surface area contributed by atoms with Crippen LogP contribution in [-0.2, 0) is 4.79 Å². The number of nitrogens with one attached hydrogen (secondary N) is 1. The van der Waals surface area contributed by atoms with Crippen molar-refractivity contribution in [1.29, 1.82) is 0 Å². The van der Waals surface area contributed by atoms with E-state index in [9.17, 15) is 15.0 Å². The van der Waals surface area contributed by atoms with Gasteiger partial charge >= 0.3 is 0 Å². The summed E-state index contributed by atoms with van der Waals surface area (Å²) in [5.41, 5.74) is 7.18. The SMILES string of the molecule is COc1ccc([C@@H](O)[C@@H](/C=C/C(=O)Nc2ccccc2N)Oc2ccccc2)cc1O. The maximum atomic E-state index is 12.4. The van der Waals surface area contributed by atoms with Crippen molar-refractivity contribution in [1.82, 2.24) is 0 Å². The van der Waals surface area contributed by atoms with E-state index >= 15 is 0 Å². The minimum Gasteiger partial charge on any atom is -0.504 e. The van der Waals surface area contributed by atoms with Gasteiger partial charge in [-0.3, -0.25) is 4.79 Å². The third-order valence-corrected chi connectivity index (χ3v) is 4.53. The molecular weight excluding hydrogens is 396 g/mol. The molecule has 3 aromatic carbocycles. The Balaban J connectivity index is 1.82. The van der Waals surface area contributed by atoms with Crippen molar-refractivity contribution in [2.24, 2.45) is 0 Å². The van der Waals surface area contributed by atoms with Crippen molar-refractivity contribution in [2.75, 3.05) is 18.2 Å². The second-order valence-electron chi connectivity index (χ2n) is 6.71. The minimum absolute atomic E-state index is 0.112. The Morgan fingerprint density at radius 1 is 1.06 bits per heavy atom. The average Bonchev–Trinajstić information content (AvgIpc) is 2.78. The van der Waals surface area contributed by atoms with Crippen molar-refractivity contribution in [2.45, 2.75) is 12.2 Å². The van der Waals surface area contributed by atoms with Crippen molar-refractivity contribution in [3.8, 4) is 17.2 Å². The largest absolute Gasteiger partial charge is 0.504 e. The maximum Gasteiger partial charge on any atom is 0.248 e. The number of hydrogen-bond acceptors (Lipinski definition) is 6. The number of nitrogens with two attached hydrogens (primary N) is 1. The summed E-state index contributed by atoms with van der Waals surface area (Å²) in [5, 5.41) is 23.6.